The van der Waals surface area contributed by atoms with Crippen LogP contribution in [-0.2, 0) is 0 Å². The van der Waals surface area contributed by atoms with Crippen molar-refractivity contribution in [2.24, 2.45) is 0 Å². The van der Waals surface area contributed by atoms with Crippen LogP contribution in [0.3, 0.4) is 0 Å². The fraction of sp³-hybridized carbons (Fsp3) is 0.0714. The summed E-state index contributed by atoms with van der Waals surface area (Å²) in [4.78, 5) is 12.1. The Kier molecular flexibility index (Phi) is 2.83. The number of hydrogen-bond acceptors (Lipinski definition) is 5. The number of nitrogens with zero attached hydrogens (tertiary/aromatic N) is 2. The highest BCUT2D eigenvalue weighted by Gasteiger charge is 2.15. The number of rotatable bonds is 2. The highest BCUT2D eigenvalue weighted by Crippen LogP contribution is 2.25. The molecule has 1 amide bonds. The molecule has 2 N–H and O–H groups in total. The second-order valence-corrected chi connectivity index (χ2v) is 4.30. The number of anilines is 1. The summed E-state index contributed by atoms with van der Waals surface area (Å²) in [5.41, 5.74) is 0.152. The molecular weight excluding hydrogens is 258 g/mol. The Morgan fingerprint density at radius 1 is 1.20 bits per heavy atom. The molecule has 3 rings (SSSR count). The normalized spacial score (nSPS) is 10.7. The van der Waals surface area contributed by atoms with Gasteiger partial charge in [0.1, 0.15) is 5.75 Å². The van der Waals surface area contributed by atoms with Crippen molar-refractivity contribution < 1.29 is 14.3 Å². The number of aryl methyl sites for hydroxylation is 1. The minimum absolute atomic E-state index is 0.0000543. The number of nitrogens with one attached hydrogen (secondary N) is 1. The van der Waals surface area contributed by atoms with Gasteiger partial charge in [0.05, 0.1) is 5.56 Å². The lowest BCUT2D eigenvalue weighted by atomic mass is 10.1. The second kappa shape index (κ2) is 4.65. The molecule has 0 saturated heterocycles. The van der Waals surface area contributed by atoms with Gasteiger partial charge in [-0.25, -0.2) is 0 Å². The molecule has 0 unspecified atom stereocenters. The molecule has 0 aliphatic heterocycles. The first kappa shape index (κ1) is 12.2. The summed E-state index contributed by atoms with van der Waals surface area (Å²) in [6, 6.07) is 10.6. The van der Waals surface area contributed by atoms with E-state index in [4.69, 9.17) is 4.42 Å². The molecule has 0 aliphatic carbocycles. The predicted octanol–water partition coefficient (Wildman–Crippen LogP) is 2.49. The number of phenolic OH excluding ortho intramolecular Hbond substituents is 1. The van der Waals surface area contributed by atoms with Gasteiger partial charge in [0.25, 0.3) is 5.91 Å². The van der Waals surface area contributed by atoms with Crippen molar-refractivity contribution in [1.29, 1.82) is 0 Å². The van der Waals surface area contributed by atoms with Crippen LogP contribution < -0.4 is 5.32 Å². The summed E-state index contributed by atoms with van der Waals surface area (Å²) in [5.74, 6) is -0.252. The average molecular weight is 269 g/mol. The molecule has 1 heterocycles. The van der Waals surface area contributed by atoms with Crippen LogP contribution in [0.25, 0.3) is 10.8 Å². The summed E-state index contributed by atoms with van der Waals surface area (Å²) in [7, 11) is 0. The van der Waals surface area contributed by atoms with E-state index >= 15 is 0 Å². The van der Waals surface area contributed by atoms with Crippen LogP contribution in [0.2, 0.25) is 0 Å². The van der Waals surface area contributed by atoms with Crippen LogP contribution >= 0.6 is 0 Å². The zero-order valence-corrected chi connectivity index (χ0v) is 10.6. The van der Waals surface area contributed by atoms with Crippen molar-refractivity contribution in [3.05, 3.63) is 47.9 Å². The number of aromatic nitrogens is 2. The standard InChI is InChI=1S/C14H11N3O3/c1-8-16-17-14(20-8)15-13(19)11-6-9-4-2-3-5-10(9)7-12(11)18/h2-7,18H,1H3,(H,15,17,19). The number of carbonyl (C=O) groups is 1. The molecule has 0 spiro atoms. The minimum atomic E-state index is -0.503. The molecule has 0 radical (unpaired) electrons. The number of hydrogen-bond donors (Lipinski definition) is 2. The summed E-state index contributed by atoms with van der Waals surface area (Å²) in [6.45, 7) is 1.62. The maximum atomic E-state index is 12.1. The maximum Gasteiger partial charge on any atom is 0.322 e. The number of amides is 1. The third-order valence-electron chi connectivity index (χ3n) is 2.86. The van der Waals surface area contributed by atoms with Gasteiger partial charge >= 0.3 is 6.01 Å². The van der Waals surface area contributed by atoms with Crippen molar-refractivity contribution in [1.82, 2.24) is 10.2 Å². The van der Waals surface area contributed by atoms with Crippen LogP contribution in [0.5, 0.6) is 5.75 Å². The Labute approximate surface area is 114 Å². The fourth-order valence-corrected chi connectivity index (χ4v) is 1.92. The van der Waals surface area contributed by atoms with Crippen LogP contribution in [0.1, 0.15) is 16.2 Å². The maximum absolute atomic E-state index is 12.1. The van der Waals surface area contributed by atoms with Gasteiger partial charge in [-0.1, -0.05) is 29.4 Å². The van der Waals surface area contributed by atoms with Gasteiger partial charge in [0.15, 0.2) is 0 Å². The molecule has 3 aromatic rings. The van der Waals surface area contributed by atoms with Gasteiger partial charge in [-0.15, -0.1) is 5.10 Å². The number of aromatic hydroxyl groups is 1. The minimum Gasteiger partial charge on any atom is -0.507 e. The smallest absolute Gasteiger partial charge is 0.322 e. The van der Waals surface area contributed by atoms with Crippen molar-refractivity contribution in [3.63, 3.8) is 0 Å². The van der Waals surface area contributed by atoms with Gasteiger partial charge in [-0.3, -0.25) is 10.1 Å². The topological polar surface area (TPSA) is 88.2 Å². The van der Waals surface area contributed by atoms with Crippen LogP contribution in [0.15, 0.2) is 40.8 Å². The molecule has 1 aromatic heterocycles. The van der Waals surface area contributed by atoms with Crippen molar-refractivity contribution in [2.45, 2.75) is 6.92 Å². The third-order valence-corrected chi connectivity index (χ3v) is 2.86. The first-order valence-electron chi connectivity index (χ1n) is 5.97. The first-order valence-corrected chi connectivity index (χ1v) is 5.97. The quantitative estimate of drug-likeness (QED) is 0.746. The Balaban J connectivity index is 1.96. The molecule has 0 atom stereocenters. The van der Waals surface area contributed by atoms with E-state index < -0.39 is 5.91 Å². The van der Waals surface area contributed by atoms with E-state index in [2.05, 4.69) is 15.5 Å². The highest BCUT2D eigenvalue weighted by atomic mass is 16.4. The zero-order chi connectivity index (χ0) is 14.1. The van der Waals surface area contributed by atoms with E-state index in [9.17, 15) is 9.90 Å². The molecule has 6 nitrogen and oxygen atoms in total. The first-order chi connectivity index (χ1) is 9.63. The largest absolute Gasteiger partial charge is 0.507 e. The van der Waals surface area contributed by atoms with Gasteiger partial charge in [0.2, 0.25) is 5.89 Å². The summed E-state index contributed by atoms with van der Waals surface area (Å²) < 4.78 is 5.07. The Morgan fingerprint density at radius 3 is 2.55 bits per heavy atom. The monoisotopic (exact) mass is 269 g/mol. The van der Waals surface area contributed by atoms with Crippen molar-refractivity contribution >= 4 is 22.7 Å². The number of phenols is 1. The lowest BCUT2D eigenvalue weighted by Crippen LogP contribution is -2.12. The number of carbonyl (C=O) groups excluding carboxylic acids is 1. The van der Waals surface area contributed by atoms with Crippen molar-refractivity contribution in [3.8, 4) is 5.75 Å². The molecule has 20 heavy (non-hydrogen) atoms. The van der Waals surface area contributed by atoms with Crippen LogP contribution in [0.4, 0.5) is 6.01 Å². The second-order valence-electron chi connectivity index (χ2n) is 4.30. The number of fused-ring (bicyclic) bond motifs is 1. The molecule has 0 fully saturated rings. The Morgan fingerprint density at radius 2 is 1.90 bits per heavy atom. The van der Waals surface area contributed by atoms with Gasteiger partial charge in [-0.2, -0.15) is 0 Å². The van der Waals surface area contributed by atoms with E-state index in [0.717, 1.165) is 10.8 Å². The average Bonchev–Trinajstić information content (AvgIpc) is 2.83. The SMILES string of the molecule is Cc1nnc(NC(=O)c2cc3ccccc3cc2O)o1. The molecule has 0 saturated carbocycles. The van der Waals surface area contributed by atoms with Crippen LogP contribution in [-0.4, -0.2) is 21.2 Å². The van der Waals surface area contributed by atoms with Gasteiger partial charge < -0.3 is 9.52 Å². The highest BCUT2D eigenvalue weighted by molar-refractivity contribution is 6.07. The molecular formula is C14H11N3O3. The lowest BCUT2D eigenvalue weighted by molar-refractivity contribution is 0.102. The third kappa shape index (κ3) is 2.18. The molecule has 0 bridgehead atoms. The Bertz CT molecular complexity index is 795. The van der Waals surface area contributed by atoms with E-state index in [1.807, 2.05) is 24.3 Å². The molecule has 100 valence electrons. The van der Waals surface area contributed by atoms with E-state index in [1.54, 1.807) is 19.1 Å². The van der Waals surface area contributed by atoms with Crippen LogP contribution in [0, 0.1) is 6.92 Å². The van der Waals surface area contributed by atoms with Crippen molar-refractivity contribution in [2.75, 3.05) is 5.32 Å². The fourth-order valence-electron chi connectivity index (χ4n) is 1.92. The molecule has 0 aliphatic rings. The van der Waals surface area contributed by atoms with E-state index in [0.29, 0.717) is 5.89 Å². The molecule has 2 aromatic carbocycles. The predicted molar refractivity (Wildman–Crippen MR) is 72.6 cm³/mol. The van der Waals surface area contributed by atoms with Gasteiger partial charge in [0, 0.05) is 6.92 Å². The molecule has 6 heteroatoms. The van der Waals surface area contributed by atoms with E-state index in [-0.39, 0.29) is 17.3 Å². The number of benzene rings is 2. The summed E-state index contributed by atoms with van der Waals surface area (Å²) >= 11 is 0. The lowest BCUT2D eigenvalue weighted by Gasteiger charge is -2.06. The summed E-state index contributed by atoms with van der Waals surface area (Å²) in [6.07, 6.45) is 0. The summed E-state index contributed by atoms with van der Waals surface area (Å²) in [5, 5.41) is 21.4. The van der Waals surface area contributed by atoms with Gasteiger partial charge in [-0.05, 0) is 22.9 Å². The zero-order valence-electron chi connectivity index (χ0n) is 10.6. The Hall–Kier alpha value is -2.89. The van der Waals surface area contributed by atoms with E-state index in [1.165, 1.54) is 0 Å².